The van der Waals surface area contributed by atoms with Crippen LogP contribution < -0.4 is 9.88 Å². The summed E-state index contributed by atoms with van der Waals surface area (Å²) in [7, 11) is -3.50. The summed E-state index contributed by atoms with van der Waals surface area (Å²) in [4.78, 5) is 15.5. The van der Waals surface area contributed by atoms with E-state index in [4.69, 9.17) is 0 Å². The molecule has 0 aliphatic carbocycles. The summed E-state index contributed by atoms with van der Waals surface area (Å²) in [6.07, 6.45) is 2.02. The fourth-order valence-electron chi connectivity index (χ4n) is 2.84. The lowest BCUT2D eigenvalue weighted by Gasteiger charge is -2.19. The number of sulfonamides is 1. The first-order valence-electron chi connectivity index (χ1n) is 7.95. The normalized spacial score (nSPS) is 16.4. The molecule has 132 valence electrons. The standard InChI is InChI=1S/C16H18N4O4S/c21-20(22)14-7-8-16(17-13-14)18-9-4-10-19(12-11-18)25(23,24)15-5-2-1-3-6-15/h1-3,5-8,13H,4,9-12H2/p+1. The molecule has 0 atom stereocenters. The van der Waals surface area contributed by atoms with Gasteiger partial charge in [0.05, 0.1) is 29.5 Å². The van der Waals surface area contributed by atoms with Crippen LogP contribution in [0.15, 0.2) is 53.6 Å². The van der Waals surface area contributed by atoms with E-state index in [1.54, 1.807) is 36.4 Å². The van der Waals surface area contributed by atoms with Crippen molar-refractivity contribution in [1.82, 2.24) is 4.31 Å². The fraction of sp³-hybridized carbons (Fsp3) is 0.312. The van der Waals surface area contributed by atoms with Crippen molar-refractivity contribution in [1.29, 1.82) is 0 Å². The number of rotatable bonds is 4. The molecule has 0 bridgehead atoms. The first-order valence-corrected chi connectivity index (χ1v) is 9.39. The van der Waals surface area contributed by atoms with E-state index in [9.17, 15) is 18.5 Å². The Hall–Kier alpha value is -2.52. The molecule has 1 aliphatic rings. The average Bonchev–Trinajstić information content (AvgIpc) is 2.89. The number of benzene rings is 1. The molecule has 25 heavy (non-hydrogen) atoms. The van der Waals surface area contributed by atoms with Gasteiger partial charge in [-0.15, -0.1) is 0 Å². The van der Waals surface area contributed by atoms with Gasteiger partial charge in [0, 0.05) is 18.7 Å². The minimum Gasteiger partial charge on any atom is -0.260 e. The highest BCUT2D eigenvalue weighted by Crippen LogP contribution is 2.19. The van der Waals surface area contributed by atoms with Gasteiger partial charge >= 0.3 is 5.69 Å². The number of aromatic nitrogens is 1. The molecule has 1 aromatic carbocycles. The van der Waals surface area contributed by atoms with Gasteiger partial charge in [-0.2, -0.15) is 4.31 Å². The summed E-state index contributed by atoms with van der Waals surface area (Å²) in [6, 6.07) is 11.5. The molecular formula is C16H19N4O4S+. The van der Waals surface area contributed by atoms with E-state index in [-0.39, 0.29) is 5.69 Å². The number of anilines is 1. The third kappa shape index (κ3) is 3.77. The molecule has 3 rings (SSSR count). The van der Waals surface area contributed by atoms with E-state index < -0.39 is 14.9 Å². The topological polar surface area (TPSA) is 97.9 Å². The second-order valence-corrected chi connectivity index (χ2v) is 7.68. The maximum absolute atomic E-state index is 12.7. The van der Waals surface area contributed by atoms with Crippen LogP contribution in [-0.4, -0.2) is 43.8 Å². The van der Waals surface area contributed by atoms with Crippen molar-refractivity contribution in [3.63, 3.8) is 0 Å². The molecule has 9 heteroatoms. The van der Waals surface area contributed by atoms with E-state index in [1.807, 2.05) is 4.90 Å². The van der Waals surface area contributed by atoms with Crippen molar-refractivity contribution in [3.8, 4) is 0 Å². The van der Waals surface area contributed by atoms with Crippen molar-refractivity contribution in [2.24, 2.45) is 0 Å². The third-order valence-corrected chi connectivity index (χ3v) is 6.08. The predicted molar refractivity (Wildman–Crippen MR) is 91.7 cm³/mol. The summed E-state index contributed by atoms with van der Waals surface area (Å²) >= 11 is 0. The largest absolute Gasteiger partial charge is 0.308 e. The molecule has 8 nitrogen and oxygen atoms in total. The lowest BCUT2D eigenvalue weighted by atomic mass is 10.3. The number of nitro groups is 1. The van der Waals surface area contributed by atoms with Crippen molar-refractivity contribution < 1.29 is 18.3 Å². The number of pyridine rings is 1. The molecule has 2 heterocycles. The molecule has 2 aromatic rings. The van der Waals surface area contributed by atoms with Crippen molar-refractivity contribution in [3.05, 3.63) is 58.8 Å². The Morgan fingerprint density at radius 3 is 2.40 bits per heavy atom. The Morgan fingerprint density at radius 2 is 1.76 bits per heavy atom. The maximum atomic E-state index is 12.7. The van der Waals surface area contributed by atoms with Gasteiger partial charge in [-0.05, 0) is 18.6 Å². The molecule has 1 saturated heterocycles. The van der Waals surface area contributed by atoms with Gasteiger partial charge in [-0.3, -0.25) is 15.0 Å². The Balaban J connectivity index is 1.73. The highest BCUT2D eigenvalue weighted by atomic mass is 32.2. The zero-order valence-corrected chi connectivity index (χ0v) is 14.4. The highest BCUT2D eigenvalue weighted by Gasteiger charge is 2.29. The SMILES string of the molecule is O=[N+]([O-])c1ccc(N2CCCN(S(=O)(=O)c3ccccc3)CC2)[nH+]c1. The number of aromatic amines is 1. The second kappa shape index (κ2) is 7.16. The average molecular weight is 363 g/mol. The van der Waals surface area contributed by atoms with Crippen LogP contribution in [0.1, 0.15) is 6.42 Å². The summed E-state index contributed by atoms with van der Waals surface area (Å²) in [5.41, 5.74) is -0.00754. The number of nitrogens with one attached hydrogen (secondary N) is 1. The Labute approximate surface area is 145 Å². The monoisotopic (exact) mass is 363 g/mol. The fourth-order valence-corrected chi connectivity index (χ4v) is 4.33. The number of hydrogen-bond acceptors (Lipinski definition) is 5. The second-order valence-electron chi connectivity index (χ2n) is 5.75. The number of H-pyrrole nitrogens is 1. The minimum atomic E-state index is -3.50. The molecule has 0 amide bonds. The van der Waals surface area contributed by atoms with Gasteiger partial charge in [0.2, 0.25) is 10.0 Å². The van der Waals surface area contributed by atoms with E-state index >= 15 is 0 Å². The molecule has 0 unspecified atom stereocenters. The molecule has 0 radical (unpaired) electrons. The maximum Gasteiger partial charge on any atom is 0.308 e. The van der Waals surface area contributed by atoms with Gasteiger partial charge in [-0.25, -0.2) is 13.4 Å². The van der Waals surface area contributed by atoms with Crippen LogP contribution in [-0.2, 0) is 10.0 Å². The van der Waals surface area contributed by atoms with Crippen LogP contribution in [0.3, 0.4) is 0 Å². The predicted octanol–water partition coefficient (Wildman–Crippen LogP) is 1.31. The van der Waals surface area contributed by atoms with Crippen LogP contribution in [0.25, 0.3) is 0 Å². The van der Waals surface area contributed by atoms with Crippen LogP contribution >= 0.6 is 0 Å². The lowest BCUT2D eigenvalue weighted by molar-refractivity contribution is -0.414. The van der Waals surface area contributed by atoms with E-state index in [1.165, 1.54) is 16.6 Å². The molecule has 0 saturated carbocycles. The van der Waals surface area contributed by atoms with Crippen molar-refractivity contribution >= 4 is 21.5 Å². The van der Waals surface area contributed by atoms with Gasteiger partial charge in [0.25, 0.3) is 5.82 Å². The molecule has 1 N–H and O–H groups in total. The molecule has 1 fully saturated rings. The van der Waals surface area contributed by atoms with Crippen LogP contribution in [0.5, 0.6) is 0 Å². The lowest BCUT2D eigenvalue weighted by Crippen LogP contribution is -2.36. The smallest absolute Gasteiger partial charge is 0.260 e. The first kappa shape index (κ1) is 17.3. The summed E-state index contributed by atoms with van der Waals surface area (Å²) in [5.74, 6) is 0.740. The molecule has 1 aliphatic heterocycles. The number of hydrogen-bond donors (Lipinski definition) is 0. The zero-order chi connectivity index (χ0) is 17.9. The van der Waals surface area contributed by atoms with Gasteiger partial charge in [0.15, 0.2) is 6.20 Å². The quantitative estimate of drug-likeness (QED) is 0.602. The van der Waals surface area contributed by atoms with Crippen LogP contribution in [0.2, 0.25) is 0 Å². The van der Waals surface area contributed by atoms with Crippen molar-refractivity contribution in [2.75, 3.05) is 31.1 Å². The molecular weight excluding hydrogens is 344 g/mol. The minimum absolute atomic E-state index is 0.00754. The van der Waals surface area contributed by atoms with Gasteiger partial charge < -0.3 is 0 Å². The summed E-state index contributed by atoms with van der Waals surface area (Å²) < 4.78 is 26.9. The summed E-state index contributed by atoms with van der Waals surface area (Å²) in [5, 5.41) is 10.7. The molecule has 0 spiro atoms. The van der Waals surface area contributed by atoms with E-state index in [0.29, 0.717) is 37.5 Å². The molecule has 1 aromatic heterocycles. The van der Waals surface area contributed by atoms with Crippen LogP contribution in [0, 0.1) is 10.1 Å². The van der Waals surface area contributed by atoms with E-state index in [0.717, 1.165) is 5.82 Å². The van der Waals surface area contributed by atoms with Crippen molar-refractivity contribution in [2.45, 2.75) is 11.3 Å². The van der Waals surface area contributed by atoms with Crippen LogP contribution in [0.4, 0.5) is 11.5 Å². The number of nitrogens with zero attached hydrogens (tertiary/aromatic N) is 3. The Bertz CT molecular complexity index is 840. The van der Waals surface area contributed by atoms with Gasteiger partial charge in [-0.1, -0.05) is 18.2 Å². The van der Waals surface area contributed by atoms with Gasteiger partial charge in [0.1, 0.15) is 0 Å². The Morgan fingerprint density at radius 1 is 1.00 bits per heavy atom. The highest BCUT2D eigenvalue weighted by molar-refractivity contribution is 7.89. The zero-order valence-electron chi connectivity index (χ0n) is 13.5. The van der Waals surface area contributed by atoms with E-state index in [2.05, 4.69) is 4.98 Å². The third-order valence-electron chi connectivity index (χ3n) is 4.17. The Kier molecular flexibility index (Phi) is 4.95. The first-order chi connectivity index (χ1) is 12.0. The summed E-state index contributed by atoms with van der Waals surface area (Å²) in [6.45, 7) is 2.00.